The maximum atomic E-state index is 11.5. The lowest BCUT2D eigenvalue weighted by Gasteiger charge is -2.37. The first-order valence-corrected chi connectivity index (χ1v) is 11.9. The van der Waals surface area contributed by atoms with E-state index < -0.39 is 5.97 Å². The number of fused-ring (bicyclic) bond motifs is 1. The summed E-state index contributed by atoms with van der Waals surface area (Å²) in [7, 11) is 1.34. The number of likely N-dealkylation sites (tertiary alicyclic amines) is 1. The first kappa shape index (κ1) is 21.9. The van der Waals surface area contributed by atoms with Crippen LogP contribution in [-0.2, 0) is 22.6 Å². The summed E-state index contributed by atoms with van der Waals surface area (Å²) in [5.74, 6) is 2.43. The highest BCUT2D eigenvalue weighted by Crippen LogP contribution is 2.27. The molecule has 1 saturated heterocycles. The van der Waals surface area contributed by atoms with Crippen molar-refractivity contribution in [3.8, 4) is 0 Å². The molecule has 166 valence electrons. The molecule has 3 heterocycles. The predicted molar refractivity (Wildman–Crippen MR) is 119 cm³/mol. The van der Waals surface area contributed by atoms with E-state index in [1.807, 2.05) is 12.1 Å². The van der Waals surface area contributed by atoms with Gasteiger partial charge >= 0.3 is 5.97 Å². The van der Waals surface area contributed by atoms with Crippen LogP contribution in [0.2, 0.25) is 0 Å². The minimum Gasteiger partial charge on any atom is -0.464 e. The van der Waals surface area contributed by atoms with E-state index in [9.17, 15) is 4.79 Å². The van der Waals surface area contributed by atoms with Crippen molar-refractivity contribution in [1.82, 2.24) is 19.4 Å². The van der Waals surface area contributed by atoms with Crippen LogP contribution in [0.1, 0.15) is 34.5 Å². The number of benzene rings is 1. The molecule has 2 aromatic heterocycles. The monoisotopic (exact) mass is 444 g/mol. The summed E-state index contributed by atoms with van der Waals surface area (Å²) in [5, 5.41) is 0. The SMILES string of the molecule is COC(=O)c1coc(C2CN(CCCc3nc4ccccc4n3COCCSC)C2)n1. The van der Waals surface area contributed by atoms with Gasteiger partial charge in [0.2, 0.25) is 5.89 Å². The van der Waals surface area contributed by atoms with Crippen LogP contribution in [-0.4, -0.2) is 70.8 Å². The molecule has 8 nitrogen and oxygen atoms in total. The Kier molecular flexibility index (Phi) is 7.26. The minimum atomic E-state index is -0.466. The largest absolute Gasteiger partial charge is 0.464 e. The van der Waals surface area contributed by atoms with Crippen molar-refractivity contribution in [2.75, 3.05) is 45.4 Å². The molecule has 1 aliphatic heterocycles. The molecule has 0 unspecified atom stereocenters. The van der Waals surface area contributed by atoms with E-state index in [4.69, 9.17) is 14.1 Å². The molecule has 0 N–H and O–H groups in total. The van der Waals surface area contributed by atoms with Gasteiger partial charge in [0.25, 0.3) is 0 Å². The third-order valence-corrected chi connectivity index (χ3v) is 6.06. The van der Waals surface area contributed by atoms with Crippen LogP contribution >= 0.6 is 11.8 Å². The van der Waals surface area contributed by atoms with E-state index in [-0.39, 0.29) is 11.6 Å². The van der Waals surface area contributed by atoms with Gasteiger partial charge in [-0.2, -0.15) is 11.8 Å². The summed E-state index contributed by atoms with van der Waals surface area (Å²) < 4.78 is 18.2. The zero-order valence-electron chi connectivity index (χ0n) is 18.0. The molecule has 1 aliphatic rings. The lowest BCUT2D eigenvalue weighted by atomic mass is 10.00. The smallest absolute Gasteiger partial charge is 0.360 e. The third-order valence-electron chi connectivity index (χ3n) is 5.48. The quantitative estimate of drug-likeness (QED) is 0.329. The van der Waals surface area contributed by atoms with E-state index >= 15 is 0 Å². The van der Waals surface area contributed by atoms with Crippen molar-refractivity contribution >= 4 is 28.8 Å². The number of carbonyl (C=O) groups is 1. The van der Waals surface area contributed by atoms with Crippen molar-refractivity contribution in [3.05, 3.63) is 47.9 Å². The Balaban J connectivity index is 1.28. The Bertz CT molecular complexity index is 1010. The summed E-state index contributed by atoms with van der Waals surface area (Å²) in [6.07, 6.45) is 5.37. The molecular weight excluding hydrogens is 416 g/mol. The Morgan fingerprint density at radius 2 is 2.13 bits per heavy atom. The zero-order chi connectivity index (χ0) is 21.6. The van der Waals surface area contributed by atoms with E-state index in [1.165, 1.54) is 13.4 Å². The maximum absolute atomic E-state index is 11.5. The minimum absolute atomic E-state index is 0.229. The summed E-state index contributed by atoms with van der Waals surface area (Å²) >= 11 is 1.79. The number of oxazole rings is 1. The highest BCUT2D eigenvalue weighted by Gasteiger charge is 2.32. The Morgan fingerprint density at radius 3 is 2.94 bits per heavy atom. The van der Waals surface area contributed by atoms with Crippen molar-refractivity contribution in [2.24, 2.45) is 0 Å². The van der Waals surface area contributed by atoms with Crippen LogP contribution in [0.4, 0.5) is 0 Å². The predicted octanol–water partition coefficient (Wildman–Crippen LogP) is 3.18. The average molecular weight is 445 g/mol. The fourth-order valence-corrected chi connectivity index (χ4v) is 4.09. The number of carbonyl (C=O) groups excluding carboxylic acids is 1. The molecule has 3 aromatic rings. The standard InChI is InChI=1S/C22H28N4O4S/c1-28-22(27)18-14-30-21(24-18)16-12-25(13-16)9-5-8-20-23-17-6-3-4-7-19(17)26(20)15-29-10-11-31-2/h3-4,6-7,14,16H,5,8-13,15H2,1-2H3. The van der Waals surface area contributed by atoms with Gasteiger partial charge < -0.3 is 23.4 Å². The van der Waals surface area contributed by atoms with E-state index in [2.05, 4.69) is 37.6 Å². The Hall–Kier alpha value is -2.36. The molecule has 0 radical (unpaired) electrons. The van der Waals surface area contributed by atoms with Gasteiger partial charge in [-0.25, -0.2) is 14.8 Å². The number of hydrogen-bond acceptors (Lipinski definition) is 8. The average Bonchev–Trinajstić information content (AvgIpc) is 3.37. The second-order valence-corrected chi connectivity index (χ2v) is 8.58. The second-order valence-electron chi connectivity index (χ2n) is 7.60. The number of methoxy groups -OCH3 is 1. The number of aryl methyl sites for hydroxylation is 1. The molecule has 0 amide bonds. The lowest BCUT2D eigenvalue weighted by Crippen LogP contribution is -2.45. The van der Waals surface area contributed by atoms with Crippen LogP contribution in [0.3, 0.4) is 0 Å². The highest BCUT2D eigenvalue weighted by molar-refractivity contribution is 7.98. The summed E-state index contributed by atoms with van der Waals surface area (Å²) in [5.41, 5.74) is 2.37. The number of nitrogens with zero attached hydrogens (tertiary/aromatic N) is 4. The van der Waals surface area contributed by atoms with E-state index in [0.717, 1.165) is 61.7 Å². The number of imidazole rings is 1. The molecule has 0 aliphatic carbocycles. The molecule has 0 spiro atoms. The van der Waals surface area contributed by atoms with Gasteiger partial charge in [-0.15, -0.1) is 0 Å². The summed E-state index contributed by atoms with van der Waals surface area (Å²) in [6, 6.07) is 8.21. The van der Waals surface area contributed by atoms with Crippen molar-refractivity contribution in [1.29, 1.82) is 0 Å². The topological polar surface area (TPSA) is 82.6 Å². The molecule has 9 heteroatoms. The Labute approximate surface area is 185 Å². The first-order chi connectivity index (χ1) is 15.2. The molecule has 4 rings (SSSR count). The number of hydrogen-bond donors (Lipinski definition) is 0. The zero-order valence-corrected chi connectivity index (χ0v) is 18.8. The number of thioether (sulfide) groups is 1. The van der Waals surface area contributed by atoms with Crippen LogP contribution in [0.15, 0.2) is 34.9 Å². The van der Waals surface area contributed by atoms with E-state index in [0.29, 0.717) is 12.6 Å². The number of esters is 1. The molecule has 1 fully saturated rings. The van der Waals surface area contributed by atoms with Gasteiger partial charge in [-0.1, -0.05) is 12.1 Å². The van der Waals surface area contributed by atoms with Crippen molar-refractivity contribution in [2.45, 2.75) is 25.5 Å². The summed E-state index contributed by atoms with van der Waals surface area (Å²) in [6.45, 7) is 4.03. The van der Waals surface area contributed by atoms with Gasteiger partial charge in [0.05, 0.1) is 30.7 Å². The molecule has 31 heavy (non-hydrogen) atoms. The van der Waals surface area contributed by atoms with Crippen LogP contribution in [0.25, 0.3) is 11.0 Å². The number of para-hydroxylation sites is 2. The first-order valence-electron chi connectivity index (χ1n) is 10.5. The second kappa shape index (κ2) is 10.3. The number of rotatable bonds is 11. The fourth-order valence-electron chi connectivity index (χ4n) is 3.80. The highest BCUT2D eigenvalue weighted by atomic mass is 32.2. The summed E-state index contributed by atoms with van der Waals surface area (Å²) in [4.78, 5) is 23.0. The van der Waals surface area contributed by atoms with Gasteiger partial charge in [0.15, 0.2) is 5.69 Å². The molecular formula is C22H28N4O4S. The maximum Gasteiger partial charge on any atom is 0.360 e. The number of ether oxygens (including phenoxy) is 2. The van der Waals surface area contributed by atoms with Crippen molar-refractivity contribution < 1.29 is 18.7 Å². The van der Waals surface area contributed by atoms with Crippen LogP contribution < -0.4 is 0 Å². The molecule has 0 atom stereocenters. The van der Waals surface area contributed by atoms with Crippen LogP contribution in [0.5, 0.6) is 0 Å². The van der Waals surface area contributed by atoms with Gasteiger partial charge in [-0.05, 0) is 31.4 Å². The van der Waals surface area contributed by atoms with Gasteiger partial charge in [-0.3, -0.25) is 0 Å². The molecule has 0 saturated carbocycles. The lowest BCUT2D eigenvalue weighted by molar-refractivity contribution is 0.0593. The third kappa shape index (κ3) is 5.11. The van der Waals surface area contributed by atoms with E-state index in [1.54, 1.807) is 11.8 Å². The van der Waals surface area contributed by atoms with Crippen molar-refractivity contribution in [3.63, 3.8) is 0 Å². The number of aromatic nitrogens is 3. The van der Waals surface area contributed by atoms with Gasteiger partial charge in [0.1, 0.15) is 18.8 Å². The van der Waals surface area contributed by atoms with Gasteiger partial charge in [0, 0.05) is 25.3 Å². The Morgan fingerprint density at radius 1 is 1.29 bits per heavy atom. The normalized spacial score (nSPS) is 14.8. The fraction of sp³-hybridized carbons (Fsp3) is 0.500. The molecule has 1 aromatic carbocycles. The molecule has 0 bridgehead atoms. The van der Waals surface area contributed by atoms with Crippen LogP contribution in [0, 0.1) is 0 Å².